The van der Waals surface area contributed by atoms with Gasteiger partial charge in [-0.15, -0.1) is 0 Å². The average Bonchev–Trinajstić information content (AvgIpc) is 2.76. The topological polar surface area (TPSA) is 54.5 Å². The lowest BCUT2D eigenvalue weighted by molar-refractivity contribution is 0.116. The zero-order valence-corrected chi connectivity index (χ0v) is 15.6. The van der Waals surface area contributed by atoms with Gasteiger partial charge in [-0.2, -0.15) is 0 Å². The fraction of sp³-hybridized carbons (Fsp3) is 0.217. The highest BCUT2D eigenvalue weighted by Crippen LogP contribution is 2.31. The van der Waals surface area contributed by atoms with E-state index in [2.05, 4.69) is 28.5 Å². The Hall–Kier alpha value is -3.34. The van der Waals surface area contributed by atoms with Crippen LogP contribution in [0.25, 0.3) is 11.1 Å². The molecule has 0 bridgehead atoms. The van der Waals surface area contributed by atoms with Crippen LogP contribution in [0.1, 0.15) is 12.8 Å². The quantitative estimate of drug-likeness (QED) is 0.713. The minimum atomic E-state index is -0.0869. The van der Waals surface area contributed by atoms with Gasteiger partial charge in [0.1, 0.15) is 11.9 Å². The molecule has 2 amide bonds. The number of carbonyl (C=O) groups is 1. The number of aromatic nitrogens is 1. The fourth-order valence-corrected chi connectivity index (χ4v) is 3.42. The molecule has 0 radical (unpaired) electrons. The normalized spacial score (nSPS) is 14.5. The Morgan fingerprint density at radius 3 is 2.46 bits per heavy atom. The summed E-state index contributed by atoms with van der Waals surface area (Å²) in [5, 5.41) is 2.89. The van der Waals surface area contributed by atoms with Crippen molar-refractivity contribution in [3.8, 4) is 16.9 Å². The Morgan fingerprint density at radius 2 is 1.71 bits per heavy atom. The standard InChI is InChI=1S/C23H23N3O2/c27-23(25-19-9-6-14-24-17-19)26-15-12-20(13-16-26)28-22-11-5-4-10-21(22)18-7-2-1-3-8-18/h1-11,14,17,20H,12-13,15-16H2,(H,25,27). The summed E-state index contributed by atoms with van der Waals surface area (Å²) in [6.07, 6.45) is 5.06. The third-order valence-corrected chi connectivity index (χ3v) is 4.91. The maximum Gasteiger partial charge on any atom is 0.321 e. The van der Waals surface area contributed by atoms with Crippen molar-refractivity contribution >= 4 is 11.7 Å². The predicted molar refractivity (Wildman–Crippen MR) is 110 cm³/mol. The molecule has 5 nitrogen and oxygen atoms in total. The van der Waals surface area contributed by atoms with Crippen LogP contribution in [0.15, 0.2) is 79.1 Å². The molecule has 0 unspecified atom stereocenters. The summed E-state index contributed by atoms with van der Waals surface area (Å²) in [4.78, 5) is 18.3. The van der Waals surface area contributed by atoms with Crippen LogP contribution in [0.2, 0.25) is 0 Å². The number of piperidine rings is 1. The van der Waals surface area contributed by atoms with Crippen molar-refractivity contribution < 1.29 is 9.53 Å². The molecule has 4 rings (SSSR count). The Labute approximate surface area is 165 Å². The number of nitrogens with zero attached hydrogens (tertiary/aromatic N) is 2. The lowest BCUT2D eigenvalue weighted by Gasteiger charge is -2.32. The molecule has 28 heavy (non-hydrogen) atoms. The molecule has 1 saturated heterocycles. The van der Waals surface area contributed by atoms with E-state index in [4.69, 9.17) is 4.74 Å². The van der Waals surface area contributed by atoms with E-state index < -0.39 is 0 Å². The van der Waals surface area contributed by atoms with E-state index in [9.17, 15) is 4.79 Å². The molecular formula is C23H23N3O2. The van der Waals surface area contributed by atoms with Gasteiger partial charge in [0.2, 0.25) is 0 Å². The van der Waals surface area contributed by atoms with E-state index in [0.717, 1.165) is 29.7 Å². The Bertz CT molecular complexity index is 907. The van der Waals surface area contributed by atoms with Crippen LogP contribution in [-0.4, -0.2) is 35.1 Å². The van der Waals surface area contributed by atoms with Crippen molar-refractivity contribution in [3.05, 3.63) is 79.1 Å². The van der Waals surface area contributed by atoms with E-state index in [-0.39, 0.29) is 12.1 Å². The van der Waals surface area contributed by atoms with E-state index >= 15 is 0 Å². The van der Waals surface area contributed by atoms with Crippen LogP contribution in [0.3, 0.4) is 0 Å². The van der Waals surface area contributed by atoms with Crippen molar-refractivity contribution in [2.24, 2.45) is 0 Å². The molecule has 0 spiro atoms. The number of amides is 2. The number of likely N-dealkylation sites (tertiary alicyclic amines) is 1. The number of pyridine rings is 1. The van der Waals surface area contributed by atoms with Crippen LogP contribution in [0, 0.1) is 0 Å². The second-order valence-electron chi connectivity index (χ2n) is 6.84. The van der Waals surface area contributed by atoms with Crippen molar-refractivity contribution in [2.45, 2.75) is 18.9 Å². The van der Waals surface area contributed by atoms with Crippen LogP contribution in [-0.2, 0) is 0 Å². The number of rotatable bonds is 4. The van der Waals surface area contributed by atoms with Gasteiger partial charge in [0, 0.05) is 37.7 Å². The number of urea groups is 1. The molecule has 1 aliphatic rings. The van der Waals surface area contributed by atoms with E-state index in [0.29, 0.717) is 18.8 Å². The van der Waals surface area contributed by atoms with Crippen molar-refractivity contribution in [3.63, 3.8) is 0 Å². The molecule has 5 heteroatoms. The monoisotopic (exact) mass is 373 g/mol. The number of benzene rings is 2. The number of anilines is 1. The fourth-order valence-electron chi connectivity index (χ4n) is 3.42. The van der Waals surface area contributed by atoms with Gasteiger partial charge in [-0.05, 0) is 23.8 Å². The van der Waals surface area contributed by atoms with Crippen molar-refractivity contribution in [1.29, 1.82) is 0 Å². The maximum atomic E-state index is 12.4. The van der Waals surface area contributed by atoms with Crippen LogP contribution < -0.4 is 10.1 Å². The molecule has 0 aliphatic carbocycles. The third kappa shape index (κ3) is 4.31. The third-order valence-electron chi connectivity index (χ3n) is 4.91. The largest absolute Gasteiger partial charge is 0.490 e. The SMILES string of the molecule is O=C(Nc1cccnc1)N1CCC(Oc2ccccc2-c2ccccc2)CC1. The molecule has 1 aromatic heterocycles. The average molecular weight is 373 g/mol. The smallest absolute Gasteiger partial charge is 0.321 e. The highest BCUT2D eigenvalue weighted by molar-refractivity contribution is 5.89. The minimum Gasteiger partial charge on any atom is -0.490 e. The number of hydrogen-bond acceptors (Lipinski definition) is 3. The number of nitrogens with one attached hydrogen (secondary N) is 1. The van der Waals surface area contributed by atoms with Gasteiger partial charge in [0.25, 0.3) is 0 Å². The second-order valence-corrected chi connectivity index (χ2v) is 6.84. The van der Waals surface area contributed by atoms with Gasteiger partial charge in [-0.25, -0.2) is 4.79 Å². The van der Waals surface area contributed by atoms with Crippen LogP contribution in [0.5, 0.6) is 5.75 Å². The first-order chi connectivity index (χ1) is 13.8. The summed E-state index contributed by atoms with van der Waals surface area (Å²) in [6.45, 7) is 1.34. The number of ether oxygens (including phenoxy) is 1. The molecule has 0 saturated carbocycles. The summed E-state index contributed by atoms with van der Waals surface area (Å²) < 4.78 is 6.32. The lowest BCUT2D eigenvalue weighted by atomic mass is 10.0. The molecule has 2 aromatic carbocycles. The predicted octanol–water partition coefficient (Wildman–Crippen LogP) is 4.82. The van der Waals surface area contributed by atoms with Gasteiger partial charge in [0.05, 0.1) is 11.9 Å². The number of hydrogen-bond donors (Lipinski definition) is 1. The highest BCUT2D eigenvalue weighted by Gasteiger charge is 2.24. The Balaban J connectivity index is 1.36. The molecule has 1 fully saturated rings. The molecule has 2 heterocycles. The van der Waals surface area contributed by atoms with E-state index in [1.165, 1.54) is 0 Å². The molecule has 1 aliphatic heterocycles. The van der Waals surface area contributed by atoms with Crippen molar-refractivity contribution in [2.75, 3.05) is 18.4 Å². The summed E-state index contributed by atoms with van der Waals surface area (Å²) in [6, 6.07) is 21.9. The molecule has 1 N–H and O–H groups in total. The zero-order valence-electron chi connectivity index (χ0n) is 15.6. The highest BCUT2D eigenvalue weighted by atomic mass is 16.5. The molecule has 0 atom stereocenters. The molecule has 3 aromatic rings. The van der Waals surface area contributed by atoms with Crippen LogP contribution in [0.4, 0.5) is 10.5 Å². The first-order valence-electron chi connectivity index (χ1n) is 9.56. The summed E-state index contributed by atoms with van der Waals surface area (Å²) in [7, 11) is 0. The van der Waals surface area contributed by atoms with E-state index in [1.54, 1.807) is 18.5 Å². The zero-order chi connectivity index (χ0) is 19.2. The second kappa shape index (κ2) is 8.57. The van der Waals surface area contributed by atoms with Gasteiger partial charge in [-0.3, -0.25) is 4.98 Å². The summed E-state index contributed by atoms with van der Waals surface area (Å²) in [5.74, 6) is 0.895. The summed E-state index contributed by atoms with van der Waals surface area (Å²) >= 11 is 0. The Morgan fingerprint density at radius 1 is 0.964 bits per heavy atom. The lowest BCUT2D eigenvalue weighted by Crippen LogP contribution is -2.43. The van der Waals surface area contributed by atoms with Gasteiger partial charge < -0.3 is 15.0 Å². The first-order valence-corrected chi connectivity index (χ1v) is 9.56. The molecule has 142 valence electrons. The van der Waals surface area contributed by atoms with Gasteiger partial charge in [0.15, 0.2) is 0 Å². The minimum absolute atomic E-state index is 0.0869. The first kappa shape index (κ1) is 18.0. The summed E-state index contributed by atoms with van der Waals surface area (Å²) in [5.41, 5.74) is 2.95. The maximum absolute atomic E-state index is 12.4. The molecular weight excluding hydrogens is 350 g/mol. The number of para-hydroxylation sites is 1. The van der Waals surface area contributed by atoms with Crippen LogP contribution >= 0.6 is 0 Å². The van der Waals surface area contributed by atoms with Gasteiger partial charge in [-0.1, -0.05) is 48.5 Å². The Kier molecular flexibility index (Phi) is 5.52. The van der Waals surface area contributed by atoms with Crippen molar-refractivity contribution in [1.82, 2.24) is 9.88 Å². The van der Waals surface area contributed by atoms with Gasteiger partial charge >= 0.3 is 6.03 Å². The van der Waals surface area contributed by atoms with E-state index in [1.807, 2.05) is 47.4 Å². The number of carbonyl (C=O) groups excluding carboxylic acids is 1.